The van der Waals surface area contributed by atoms with Gasteiger partial charge in [-0.05, 0) is 31.8 Å². The molecule has 1 heteroatoms. The molecule has 1 nitrogen and oxygen atoms in total. The molecule has 0 saturated heterocycles. The highest BCUT2D eigenvalue weighted by molar-refractivity contribution is 4.84. The van der Waals surface area contributed by atoms with E-state index in [1.807, 2.05) is 0 Å². The summed E-state index contributed by atoms with van der Waals surface area (Å²) in [5, 5.41) is 0. The molecule has 0 N–H and O–H groups in total. The van der Waals surface area contributed by atoms with Gasteiger partial charge in [-0.3, -0.25) is 0 Å². The number of hydrogen-bond donors (Lipinski definition) is 0. The first-order valence-electron chi connectivity index (χ1n) is 7.65. The molecule has 0 bridgehead atoms. The average molecular weight is 213 g/mol. The maximum Gasteiger partial charge on any atom is 0.0233 e. The zero-order valence-electron chi connectivity index (χ0n) is 12.5. The van der Waals surface area contributed by atoms with Crippen molar-refractivity contribution in [1.29, 1.82) is 0 Å². The monoisotopic (exact) mass is 213 g/mol. The van der Waals surface area contributed by atoms with Gasteiger partial charge in [0.2, 0.25) is 0 Å². The van der Waals surface area contributed by atoms with E-state index in [-0.39, 0.29) is 0 Å². The van der Waals surface area contributed by atoms with Gasteiger partial charge >= 0.3 is 0 Å². The fraction of sp³-hybridized carbons (Fsp3) is 0.857. The van der Waals surface area contributed by atoms with Gasteiger partial charge in [0.1, 0.15) is 0 Å². The van der Waals surface area contributed by atoms with Crippen LogP contribution in [0.15, 0.2) is 12.2 Å². The van der Waals surface area contributed by atoms with Gasteiger partial charge in [0.05, 0.1) is 0 Å². The van der Waals surface area contributed by atoms with Gasteiger partial charge in [-0.1, -0.05) is 52.6 Å². The Morgan fingerprint density at radius 3 is 2.67 bits per heavy atom. The summed E-state index contributed by atoms with van der Waals surface area (Å²) < 4.78 is 14.5. The normalized spacial score (nSPS) is 15.7. The molecule has 0 aliphatic rings. The molecular formula is C14H29N. The van der Waals surface area contributed by atoms with Crippen molar-refractivity contribution in [2.75, 3.05) is 19.6 Å². The highest BCUT2D eigenvalue weighted by Gasteiger charge is 1.96. The van der Waals surface area contributed by atoms with Crippen LogP contribution in [0.2, 0.25) is 0 Å². The minimum Gasteiger partial charge on any atom is -0.300 e. The summed E-state index contributed by atoms with van der Waals surface area (Å²) in [5.41, 5.74) is 0. The van der Waals surface area contributed by atoms with Gasteiger partial charge in [0.25, 0.3) is 0 Å². The van der Waals surface area contributed by atoms with Crippen molar-refractivity contribution in [3.63, 3.8) is 0 Å². The van der Waals surface area contributed by atoms with Crippen molar-refractivity contribution in [2.24, 2.45) is 5.92 Å². The minimum atomic E-state index is 0.448. The van der Waals surface area contributed by atoms with Crippen LogP contribution < -0.4 is 0 Å². The lowest BCUT2D eigenvalue weighted by atomic mass is 10.0. The lowest BCUT2D eigenvalue weighted by Crippen LogP contribution is -2.22. The molecule has 0 heterocycles. The number of unbranched alkanes of at least 4 members (excludes halogenated alkanes) is 1. The molecule has 0 fully saturated rings. The molecule has 0 rings (SSSR count). The Bertz CT molecular complexity index is 179. The number of rotatable bonds is 9. The third-order valence-corrected chi connectivity index (χ3v) is 2.82. The number of hydrogen-bond acceptors (Lipinski definition) is 1. The van der Waals surface area contributed by atoms with Gasteiger partial charge < -0.3 is 4.90 Å². The molecule has 0 aliphatic heterocycles. The predicted molar refractivity (Wildman–Crippen MR) is 70.2 cm³/mol. The highest BCUT2D eigenvalue weighted by Crippen LogP contribution is 2.11. The molecule has 1 atom stereocenters. The third kappa shape index (κ3) is 8.68. The van der Waals surface area contributed by atoms with E-state index in [0.29, 0.717) is 19.7 Å². The van der Waals surface area contributed by atoms with E-state index in [1.54, 1.807) is 0 Å². The molecule has 0 aromatic rings. The van der Waals surface area contributed by atoms with Crippen LogP contribution in [0.25, 0.3) is 0 Å². The molecule has 0 amide bonds. The number of likely N-dealkylation sites (N-methyl/N-ethyl adjacent to an activating group) is 1. The first-order chi connectivity index (χ1) is 8.28. The van der Waals surface area contributed by atoms with Crippen LogP contribution >= 0.6 is 0 Å². The lowest BCUT2D eigenvalue weighted by Gasteiger charge is -2.14. The SMILES string of the molecule is [2H]CCC(C[2H])CCC/C=C/CN(CC)CC. The Labute approximate surface area is 99.4 Å². The summed E-state index contributed by atoms with van der Waals surface area (Å²) in [4.78, 5) is 2.39. The van der Waals surface area contributed by atoms with Crippen molar-refractivity contribution in [2.45, 2.75) is 53.3 Å². The largest absolute Gasteiger partial charge is 0.300 e. The standard InChI is InChI=1S/C14H29N/c1-5-14(4)12-10-8-9-11-13-15(6-2)7-3/h9,11,14H,5-8,10,12-13H2,1-4H3/b11-9+/i1D,4D. The van der Waals surface area contributed by atoms with Crippen molar-refractivity contribution < 1.29 is 2.74 Å². The predicted octanol–water partition coefficient (Wildman–Crippen LogP) is 4.10. The first kappa shape index (κ1) is 11.2. The van der Waals surface area contributed by atoms with E-state index in [1.165, 1.54) is 0 Å². The Morgan fingerprint density at radius 1 is 1.27 bits per heavy atom. The van der Waals surface area contributed by atoms with E-state index in [0.717, 1.165) is 45.3 Å². The second-order valence-corrected chi connectivity index (χ2v) is 4.04. The Morgan fingerprint density at radius 2 is 2.07 bits per heavy atom. The Kier molecular flexibility index (Phi) is 7.63. The molecule has 15 heavy (non-hydrogen) atoms. The van der Waals surface area contributed by atoms with Crippen LogP contribution in [0.5, 0.6) is 0 Å². The molecule has 0 radical (unpaired) electrons. The van der Waals surface area contributed by atoms with Crippen molar-refractivity contribution in [3.05, 3.63) is 12.2 Å². The fourth-order valence-electron chi connectivity index (χ4n) is 1.49. The van der Waals surface area contributed by atoms with Crippen LogP contribution in [0.3, 0.4) is 0 Å². The fourth-order valence-corrected chi connectivity index (χ4v) is 1.49. The molecule has 0 saturated carbocycles. The van der Waals surface area contributed by atoms with Gasteiger partial charge in [0, 0.05) is 9.29 Å². The zero-order chi connectivity index (χ0) is 12.9. The summed E-state index contributed by atoms with van der Waals surface area (Å²) in [6, 6.07) is 0. The van der Waals surface area contributed by atoms with Crippen LogP contribution in [0.4, 0.5) is 0 Å². The van der Waals surface area contributed by atoms with Crippen LogP contribution in [-0.4, -0.2) is 24.5 Å². The molecule has 0 aliphatic carbocycles. The number of allylic oxidation sites excluding steroid dienone is 1. The lowest BCUT2D eigenvalue weighted by molar-refractivity contribution is 0.337. The molecule has 0 aromatic heterocycles. The van der Waals surface area contributed by atoms with Crippen LogP contribution in [0, 0.1) is 5.92 Å². The van der Waals surface area contributed by atoms with Crippen LogP contribution in [-0.2, 0) is 0 Å². The van der Waals surface area contributed by atoms with Crippen LogP contribution in [0.1, 0.15) is 56.1 Å². The third-order valence-electron chi connectivity index (χ3n) is 2.82. The molecule has 0 aromatic carbocycles. The summed E-state index contributed by atoms with van der Waals surface area (Å²) in [6.07, 6.45) is 8.81. The zero-order valence-corrected chi connectivity index (χ0v) is 10.5. The second kappa shape index (κ2) is 10.2. The van der Waals surface area contributed by atoms with Crippen molar-refractivity contribution in [3.8, 4) is 0 Å². The summed E-state index contributed by atoms with van der Waals surface area (Å²) >= 11 is 0. The second-order valence-electron chi connectivity index (χ2n) is 4.04. The molecular weight excluding hydrogens is 182 g/mol. The maximum absolute atomic E-state index is 7.38. The number of nitrogens with zero attached hydrogens (tertiary/aromatic N) is 1. The van der Waals surface area contributed by atoms with E-state index in [2.05, 4.69) is 30.9 Å². The van der Waals surface area contributed by atoms with E-state index >= 15 is 0 Å². The summed E-state index contributed by atoms with van der Waals surface area (Å²) in [5.74, 6) is 0.448. The van der Waals surface area contributed by atoms with Crippen molar-refractivity contribution >= 4 is 0 Å². The highest BCUT2D eigenvalue weighted by atomic mass is 15.1. The summed E-state index contributed by atoms with van der Waals surface area (Å²) in [6.45, 7) is 8.63. The molecule has 0 spiro atoms. The van der Waals surface area contributed by atoms with Gasteiger partial charge in [-0.15, -0.1) is 0 Å². The topological polar surface area (TPSA) is 3.24 Å². The van der Waals surface area contributed by atoms with E-state index in [9.17, 15) is 0 Å². The van der Waals surface area contributed by atoms with Gasteiger partial charge in [-0.25, -0.2) is 0 Å². The average Bonchev–Trinajstić information content (AvgIpc) is 2.36. The van der Waals surface area contributed by atoms with Gasteiger partial charge in [-0.2, -0.15) is 0 Å². The molecule has 1 unspecified atom stereocenters. The van der Waals surface area contributed by atoms with Crippen molar-refractivity contribution in [1.82, 2.24) is 4.90 Å². The molecule has 90 valence electrons. The Balaban J connectivity index is 3.52. The minimum absolute atomic E-state index is 0.448. The quantitative estimate of drug-likeness (QED) is 0.412. The smallest absolute Gasteiger partial charge is 0.0233 e. The first-order valence-corrected chi connectivity index (χ1v) is 6.24. The van der Waals surface area contributed by atoms with E-state index < -0.39 is 0 Å². The van der Waals surface area contributed by atoms with Gasteiger partial charge in [0.15, 0.2) is 0 Å². The summed E-state index contributed by atoms with van der Waals surface area (Å²) in [7, 11) is 0. The maximum atomic E-state index is 7.38. The Hall–Kier alpha value is -0.300. The van der Waals surface area contributed by atoms with E-state index in [4.69, 9.17) is 2.74 Å².